The number of phenols is 2. The third-order valence-corrected chi connectivity index (χ3v) is 10.2. The molecule has 54 heavy (non-hydrogen) atoms. The Kier molecular flexibility index (Phi) is 9.74. The minimum absolute atomic E-state index is 0.0156. The molecule has 0 saturated heterocycles. The summed E-state index contributed by atoms with van der Waals surface area (Å²) in [6, 6.07) is 21.3. The van der Waals surface area contributed by atoms with Crippen LogP contribution in [0.15, 0.2) is 107 Å². The molecule has 276 valence electrons. The van der Waals surface area contributed by atoms with Crippen molar-refractivity contribution in [3.63, 3.8) is 0 Å². The predicted octanol–water partition coefficient (Wildman–Crippen LogP) is 6.66. The number of urea groups is 1. The first-order valence-corrected chi connectivity index (χ1v) is 18.7. The summed E-state index contributed by atoms with van der Waals surface area (Å²) in [5.74, 6) is -1.97. The van der Waals surface area contributed by atoms with Crippen molar-refractivity contribution in [3.05, 3.63) is 119 Å². The molecule has 8 N–H and O–H groups in total. The van der Waals surface area contributed by atoms with Gasteiger partial charge in [0.1, 0.15) is 21.3 Å². The number of benzene rings is 6. The number of carbonyl (C=O) groups is 3. The van der Waals surface area contributed by atoms with E-state index < -0.39 is 47.9 Å². The fourth-order valence-electron chi connectivity index (χ4n) is 5.85. The number of rotatable bonds is 8. The molecule has 0 aliphatic carbocycles. The summed E-state index contributed by atoms with van der Waals surface area (Å²) in [5.41, 5.74) is 1.80. The van der Waals surface area contributed by atoms with Crippen molar-refractivity contribution in [1.82, 2.24) is 0 Å². The van der Waals surface area contributed by atoms with Crippen molar-refractivity contribution in [3.8, 4) is 11.5 Å². The lowest BCUT2D eigenvalue weighted by Crippen LogP contribution is -2.21. The highest BCUT2D eigenvalue weighted by atomic mass is 32.2. The molecule has 0 aliphatic rings. The van der Waals surface area contributed by atoms with Gasteiger partial charge in [0.2, 0.25) is 0 Å². The molecule has 0 aromatic heterocycles. The van der Waals surface area contributed by atoms with Crippen LogP contribution in [0.4, 0.5) is 27.5 Å². The summed E-state index contributed by atoms with van der Waals surface area (Å²) in [7, 11) is -9.30. The molecule has 17 heteroatoms. The van der Waals surface area contributed by atoms with Crippen LogP contribution in [-0.4, -0.2) is 54.0 Å². The number of amides is 4. The lowest BCUT2D eigenvalue weighted by atomic mass is 10.1. The van der Waals surface area contributed by atoms with Crippen LogP contribution >= 0.6 is 0 Å². The molecule has 0 heterocycles. The van der Waals surface area contributed by atoms with Crippen LogP contribution in [-0.2, 0) is 20.2 Å². The molecule has 4 amide bonds. The zero-order chi connectivity index (χ0) is 39.1. The van der Waals surface area contributed by atoms with Crippen LogP contribution in [0.1, 0.15) is 31.8 Å². The molecule has 6 aromatic carbocycles. The first-order valence-electron chi connectivity index (χ1n) is 15.8. The van der Waals surface area contributed by atoms with Gasteiger partial charge in [-0.2, -0.15) is 16.8 Å². The zero-order valence-electron chi connectivity index (χ0n) is 28.2. The average molecular weight is 771 g/mol. The van der Waals surface area contributed by atoms with Crippen molar-refractivity contribution < 1.29 is 50.5 Å². The highest BCUT2D eigenvalue weighted by Crippen LogP contribution is 2.35. The molecule has 0 unspecified atom stereocenters. The number of phenolic OH excluding ortho intramolecular Hbond substituents is 2. The summed E-state index contributed by atoms with van der Waals surface area (Å²) in [4.78, 5) is 38.8. The van der Waals surface area contributed by atoms with Gasteiger partial charge in [0.15, 0.2) is 0 Å². The number of nitrogens with one attached hydrogen (secondary N) is 4. The van der Waals surface area contributed by atoms with Crippen molar-refractivity contribution in [2.75, 3.05) is 21.3 Å². The van der Waals surface area contributed by atoms with Crippen molar-refractivity contribution >= 4 is 82.4 Å². The smallest absolute Gasteiger partial charge is 0.323 e. The van der Waals surface area contributed by atoms with Gasteiger partial charge in [-0.25, -0.2) is 4.79 Å². The number of aromatic hydroxyl groups is 2. The Morgan fingerprint density at radius 3 is 1.24 bits per heavy atom. The second-order valence-electron chi connectivity index (χ2n) is 12.2. The molecule has 15 nitrogen and oxygen atoms in total. The van der Waals surface area contributed by atoms with Gasteiger partial charge in [-0.1, -0.05) is 36.4 Å². The Morgan fingerprint density at radius 2 is 0.870 bits per heavy atom. The van der Waals surface area contributed by atoms with Crippen molar-refractivity contribution in [2.24, 2.45) is 0 Å². The fraction of sp³-hybridized carbons (Fsp3) is 0.0541. The first-order chi connectivity index (χ1) is 25.4. The minimum Gasteiger partial charge on any atom is -0.507 e. The van der Waals surface area contributed by atoms with Gasteiger partial charge in [0.05, 0.1) is 0 Å². The number of aryl methyl sites for hydroxylation is 2. The summed E-state index contributed by atoms with van der Waals surface area (Å²) in [6.45, 7) is 3.30. The molecular weight excluding hydrogens is 741 g/mol. The Labute approximate surface area is 307 Å². The number of fused-ring (bicyclic) bond motifs is 2. The Bertz CT molecular complexity index is 2600. The number of hydrogen-bond acceptors (Lipinski definition) is 9. The summed E-state index contributed by atoms with van der Waals surface area (Å²) in [6.07, 6.45) is 0. The lowest BCUT2D eigenvalue weighted by molar-refractivity contribution is 0.101. The second-order valence-corrected chi connectivity index (χ2v) is 15.0. The van der Waals surface area contributed by atoms with Gasteiger partial charge in [-0.15, -0.1) is 0 Å². The molecule has 6 aromatic rings. The topological polar surface area (TPSA) is 249 Å². The van der Waals surface area contributed by atoms with Crippen LogP contribution in [0.5, 0.6) is 11.5 Å². The van der Waals surface area contributed by atoms with Gasteiger partial charge < -0.3 is 31.5 Å². The van der Waals surface area contributed by atoms with E-state index in [1.165, 1.54) is 60.7 Å². The van der Waals surface area contributed by atoms with Crippen LogP contribution < -0.4 is 21.3 Å². The molecule has 0 radical (unpaired) electrons. The molecule has 0 spiro atoms. The van der Waals surface area contributed by atoms with E-state index in [2.05, 4.69) is 21.3 Å². The number of anilines is 4. The lowest BCUT2D eigenvalue weighted by Gasteiger charge is -2.14. The van der Waals surface area contributed by atoms with Crippen molar-refractivity contribution in [1.29, 1.82) is 0 Å². The molecule has 6 rings (SSSR count). The molecule has 0 bridgehead atoms. The third kappa shape index (κ3) is 7.79. The third-order valence-electron chi connectivity index (χ3n) is 8.42. The van der Waals surface area contributed by atoms with Crippen molar-refractivity contribution in [2.45, 2.75) is 23.6 Å². The van der Waals surface area contributed by atoms with E-state index in [-0.39, 0.29) is 66.9 Å². The number of carbonyl (C=O) groups excluding carboxylic acids is 3. The summed E-state index contributed by atoms with van der Waals surface area (Å²) in [5, 5.41) is 31.7. The highest BCUT2D eigenvalue weighted by molar-refractivity contribution is 7.86. The molecule has 0 aliphatic heterocycles. The van der Waals surface area contributed by atoms with Crippen LogP contribution in [0.3, 0.4) is 0 Å². The Morgan fingerprint density at radius 1 is 0.481 bits per heavy atom. The minimum atomic E-state index is -4.65. The SMILES string of the molecule is Cc1ccc(NC(=O)Nc2ccc(C)c(C(=O)Nc3cc(O)c4cccc(S(=O)(=O)O)c4c3)c2)cc1C(=O)Nc1cc(O)c2cccc(S(=O)(=O)O)c2c1. The van der Waals surface area contributed by atoms with E-state index in [0.29, 0.717) is 11.1 Å². The van der Waals surface area contributed by atoms with Gasteiger partial charge in [-0.3, -0.25) is 18.7 Å². The van der Waals surface area contributed by atoms with E-state index in [1.807, 2.05) is 0 Å². The second kappa shape index (κ2) is 14.1. The summed E-state index contributed by atoms with van der Waals surface area (Å²) < 4.78 is 66.9. The zero-order valence-corrected chi connectivity index (χ0v) is 29.8. The van der Waals surface area contributed by atoms with Crippen LogP contribution in [0.2, 0.25) is 0 Å². The summed E-state index contributed by atoms with van der Waals surface area (Å²) >= 11 is 0. The Balaban J connectivity index is 1.17. The predicted molar refractivity (Wildman–Crippen MR) is 202 cm³/mol. The van der Waals surface area contributed by atoms with Crippen LogP contribution in [0, 0.1) is 13.8 Å². The fourth-order valence-corrected chi connectivity index (χ4v) is 7.24. The Hall–Kier alpha value is -6.53. The highest BCUT2D eigenvalue weighted by Gasteiger charge is 2.20. The first kappa shape index (κ1) is 37.2. The van der Waals surface area contributed by atoms with E-state index in [0.717, 1.165) is 12.1 Å². The molecule has 0 fully saturated rings. The average Bonchev–Trinajstić information content (AvgIpc) is 3.08. The maximum absolute atomic E-state index is 13.3. The van der Waals surface area contributed by atoms with E-state index >= 15 is 0 Å². The van der Waals surface area contributed by atoms with E-state index in [1.54, 1.807) is 38.1 Å². The molecule has 0 saturated carbocycles. The van der Waals surface area contributed by atoms with E-state index in [4.69, 9.17) is 0 Å². The van der Waals surface area contributed by atoms with Gasteiger partial charge in [0.25, 0.3) is 32.1 Å². The van der Waals surface area contributed by atoms with Gasteiger partial charge in [0, 0.05) is 67.6 Å². The van der Waals surface area contributed by atoms with Gasteiger partial charge in [-0.05, 0) is 73.5 Å². The standard InChI is InChI=1S/C37H30N4O11S2/c1-19-9-11-21(13-27(19)35(44)38-23-15-29-25(31(42)17-23)5-3-7-33(29)53(47,48)49)40-37(46)41-22-12-10-20(2)28(14-22)36(45)39-24-16-30-26(32(43)18-24)6-4-8-34(30)54(50,51)52/h3-18,42-43H,1-2H3,(H,38,44)(H,39,45)(H2,40,41,46)(H,47,48,49)(H,50,51,52). The maximum Gasteiger partial charge on any atom is 0.323 e. The van der Waals surface area contributed by atoms with E-state index in [9.17, 15) is 50.5 Å². The molecular formula is C37H30N4O11S2. The quantitative estimate of drug-likeness (QED) is 0.0760. The molecule has 0 atom stereocenters. The monoisotopic (exact) mass is 770 g/mol. The van der Waals surface area contributed by atoms with Gasteiger partial charge >= 0.3 is 6.03 Å². The normalized spacial score (nSPS) is 11.6. The largest absolute Gasteiger partial charge is 0.507 e. The number of hydrogen-bond donors (Lipinski definition) is 8. The maximum atomic E-state index is 13.3. The van der Waals surface area contributed by atoms with Crippen LogP contribution in [0.25, 0.3) is 21.5 Å².